The van der Waals surface area contributed by atoms with Gasteiger partial charge in [0.1, 0.15) is 5.82 Å². The molecule has 0 aromatic heterocycles. The van der Waals surface area contributed by atoms with Crippen LogP contribution in [0.3, 0.4) is 0 Å². The van der Waals surface area contributed by atoms with Crippen molar-refractivity contribution >= 4 is 27.7 Å². The van der Waals surface area contributed by atoms with Crippen LogP contribution >= 0.6 is 27.7 Å². The van der Waals surface area contributed by atoms with Crippen molar-refractivity contribution in [3.8, 4) is 0 Å². The van der Waals surface area contributed by atoms with Crippen molar-refractivity contribution in [3.63, 3.8) is 0 Å². The first-order valence-corrected chi connectivity index (χ1v) is 7.39. The van der Waals surface area contributed by atoms with Crippen molar-refractivity contribution in [1.82, 2.24) is 5.32 Å². The van der Waals surface area contributed by atoms with Crippen LogP contribution in [0.25, 0.3) is 0 Å². The largest absolute Gasteiger partial charge is 0.313 e. The lowest BCUT2D eigenvalue weighted by Gasteiger charge is -2.10. The summed E-state index contributed by atoms with van der Waals surface area (Å²) in [6.07, 6.45) is 3.25. The van der Waals surface area contributed by atoms with Gasteiger partial charge >= 0.3 is 0 Å². The predicted molar refractivity (Wildman–Crippen MR) is 73.4 cm³/mol. The molecule has 0 aliphatic heterocycles. The van der Waals surface area contributed by atoms with E-state index < -0.39 is 0 Å². The van der Waals surface area contributed by atoms with Crippen LogP contribution in [0.5, 0.6) is 0 Å². The number of halogens is 2. The number of thioether (sulfide) groups is 1. The fourth-order valence-corrected chi connectivity index (χ4v) is 2.09. The SMILES string of the molecule is CSC(C)CCNCc1cccc(F)c1Br. The number of nitrogens with one attached hydrogen (secondary N) is 1. The van der Waals surface area contributed by atoms with E-state index in [4.69, 9.17) is 0 Å². The Bertz CT molecular complexity index is 333. The average Bonchev–Trinajstić information content (AvgIpc) is 2.29. The van der Waals surface area contributed by atoms with Crippen molar-refractivity contribution in [2.45, 2.75) is 25.1 Å². The number of hydrogen-bond donors (Lipinski definition) is 1. The smallest absolute Gasteiger partial charge is 0.137 e. The van der Waals surface area contributed by atoms with Crippen LogP contribution in [0.4, 0.5) is 4.39 Å². The number of hydrogen-bond acceptors (Lipinski definition) is 2. The normalized spacial score (nSPS) is 12.8. The second-order valence-corrected chi connectivity index (χ2v) is 5.79. The first kappa shape index (κ1) is 14.0. The van der Waals surface area contributed by atoms with E-state index in [1.807, 2.05) is 17.8 Å². The van der Waals surface area contributed by atoms with Gasteiger partial charge < -0.3 is 5.32 Å². The molecule has 1 rings (SSSR count). The van der Waals surface area contributed by atoms with E-state index in [1.54, 1.807) is 6.07 Å². The van der Waals surface area contributed by atoms with Crippen LogP contribution in [0.1, 0.15) is 18.9 Å². The molecule has 0 bridgehead atoms. The summed E-state index contributed by atoms with van der Waals surface area (Å²) in [5, 5.41) is 3.99. The Hall–Kier alpha value is -0.0600. The molecule has 0 aliphatic rings. The lowest BCUT2D eigenvalue weighted by atomic mass is 10.2. The van der Waals surface area contributed by atoms with Gasteiger partial charge in [-0.25, -0.2) is 4.39 Å². The molecule has 0 amide bonds. The Morgan fingerprint density at radius 3 is 2.94 bits per heavy atom. The van der Waals surface area contributed by atoms with Gasteiger partial charge in [0.15, 0.2) is 0 Å². The molecule has 0 heterocycles. The van der Waals surface area contributed by atoms with Gasteiger partial charge in [-0.05, 0) is 46.8 Å². The first-order chi connectivity index (χ1) is 7.65. The first-order valence-electron chi connectivity index (χ1n) is 5.31. The molecule has 0 spiro atoms. The van der Waals surface area contributed by atoms with Crippen LogP contribution < -0.4 is 5.32 Å². The van der Waals surface area contributed by atoms with E-state index in [1.165, 1.54) is 6.07 Å². The van der Waals surface area contributed by atoms with Crippen LogP contribution in [0.15, 0.2) is 22.7 Å². The quantitative estimate of drug-likeness (QED) is 0.802. The van der Waals surface area contributed by atoms with Crippen molar-refractivity contribution < 1.29 is 4.39 Å². The van der Waals surface area contributed by atoms with Gasteiger partial charge in [-0.15, -0.1) is 0 Å². The molecule has 4 heteroatoms. The van der Waals surface area contributed by atoms with E-state index in [-0.39, 0.29) is 5.82 Å². The summed E-state index contributed by atoms with van der Waals surface area (Å²) < 4.78 is 13.8. The molecular formula is C12H17BrFNS. The Morgan fingerprint density at radius 2 is 2.25 bits per heavy atom. The lowest BCUT2D eigenvalue weighted by Crippen LogP contribution is -2.18. The maximum atomic E-state index is 13.2. The third-order valence-electron chi connectivity index (χ3n) is 2.48. The fourth-order valence-electron chi connectivity index (χ4n) is 1.33. The summed E-state index contributed by atoms with van der Waals surface area (Å²) in [5.74, 6) is -0.197. The van der Waals surface area contributed by atoms with Gasteiger partial charge in [0.2, 0.25) is 0 Å². The van der Waals surface area contributed by atoms with E-state index in [0.717, 1.165) is 18.5 Å². The summed E-state index contributed by atoms with van der Waals surface area (Å²) in [6, 6.07) is 5.13. The van der Waals surface area contributed by atoms with E-state index in [2.05, 4.69) is 34.4 Å². The predicted octanol–water partition coefficient (Wildman–Crippen LogP) is 3.82. The summed E-state index contributed by atoms with van der Waals surface area (Å²) >= 11 is 5.12. The molecule has 1 aromatic rings. The molecule has 0 saturated heterocycles. The van der Waals surface area contributed by atoms with E-state index in [0.29, 0.717) is 16.3 Å². The van der Waals surface area contributed by atoms with Gasteiger partial charge in [0.05, 0.1) is 4.47 Å². The molecule has 1 unspecified atom stereocenters. The summed E-state index contributed by atoms with van der Waals surface area (Å²) in [5.41, 5.74) is 0.969. The molecule has 0 radical (unpaired) electrons. The number of rotatable bonds is 6. The average molecular weight is 306 g/mol. The van der Waals surface area contributed by atoms with Crippen LogP contribution in [-0.2, 0) is 6.54 Å². The Kier molecular flexibility index (Phi) is 6.39. The molecular weight excluding hydrogens is 289 g/mol. The highest BCUT2D eigenvalue weighted by atomic mass is 79.9. The highest BCUT2D eigenvalue weighted by Crippen LogP contribution is 2.20. The third-order valence-corrected chi connectivity index (χ3v) is 4.41. The zero-order valence-electron chi connectivity index (χ0n) is 9.59. The summed E-state index contributed by atoms with van der Waals surface area (Å²) in [4.78, 5) is 0. The van der Waals surface area contributed by atoms with E-state index >= 15 is 0 Å². The van der Waals surface area contributed by atoms with E-state index in [9.17, 15) is 4.39 Å². The second-order valence-electron chi connectivity index (χ2n) is 3.72. The minimum Gasteiger partial charge on any atom is -0.313 e. The van der Waals surface area contributed by atoms with Crippen LogP contribution in [-0.4, -0.2) is 18.1 Å². The zero-order chi connectivity index (χ0) is 12.0. The molecule has 90 valence electrons. The minimum atomic E-state index is -0.197. The summed E-state index contributed by atoms with van der Waals surface area (Å²) in [6.45, 7) is 3.88. The lowest BCUT2D eigenvalue weighted by molar-refractivity contribution is 0.608. The molecule has 16 heavy (non-hydrogen) atoms. The van der Waals surface area contributed by atoms with Crippen molar-refractivity contribution in [2.75, 3.05) is 12.8 Å². The Balaban J connectivity index is 2.35. The molecule has 1 aromatic carbocycles. The molecule has 1 nitrogen and oxygen atoms in total. The molecule has 1 atom stereocenters. The monoisotopic (exact) mass is 305 g/mol. The maximum absolute atomic E-state index is 13.2. The third kappa shape index (κ3) is 4.44. The summed E-state index contributed by atoms with van der Waals surface area (Å²) in [7, 11) is 0. The van der Waals surface area contributed by atoms with Crippen LogP contribution in [0, 0.1) is 5.82 Å². The van der Waals surface area contributed by atoms with Crippen molar-refractivity contribution in [1.29, 1.82) is 0 Å². The highest BCUT2D eigenvalue weighted by molar-refractivity contribution is 9.10. The van der Waals surface area contributed by atoms with Crippen molar-refractivity contribution in [2.24, 2.45) is 0 Å². The molecule has 0 saturated carbocycles. The minimum absolute atomic E-state index is 0.197. The van der Waals surface area contributed by atoms with Crippen molar-refractivity contribution in [3.05, 3.63) is 34.1 Å². The number of benzene rings is 1. The standard InChI is InChI=1S/C12H17BrFNS/c1-9(16-2)6-7-15-8-10-4-3-5-11(14)12(10)13/h3-5,9,15H,6-8H2,1-2H3. The fraction of sp³-hybridized carbons (Fsp3) is 0.500. The van der Waals surface area contributed by atoms with Crippen LogP contribution in [0.2, 0.25) is 0 Å². The van der Waals surface area contributed by atoms with Gasteiger partial charge in [-0.1, -0.05) is 19.1 Å². The Morgan fingerprint density at radius 1 is 1.50 bits per heavy atom. The van der Waals surface area contributed by atoms with Gasteiger partial charge in [-0.3, -0.25) is 0 Å². The molecule has 1 N–H and O–H groups in total. The topological polar surface area (TPSA) is 12.0 Å². The maximum Gasteiger partial charge on any atom is 0.137 e. The Labute approximate surface area is 109 Å². The van der Waals surface area contributed by atoms with Gasteiger partial charge in [-0.2, -0.15) is 11.8 Å². The highest BCUT2D eigenvalue weighted by Gasteiger charge is 2.04. The second kappa shape index (κ2) is 7.30. The van der Waals surface area contributed by atoms with Gasteiger partial charge in [0.25, 0.3) is 0 Å². The zero-order valence-corrected chi connectivity index (χ0v) is 12.0. The van der Waals surface area contributed by atoms with Gasteiger partial charge in [0, 0.05) is 11.8 Å². The molecule has 0 aliphatic carbocycles. The molecule has 0 fully saturated rings.